The van der Waals surface area contributed by atoms with Gasteiger partial charge in [-0.15, -0.1) is 6.42 Å². The zero-order valence-electron chi connectivity index (χ0n) is 13.2. The van der Waals surface area contributed by atoms with E-state index in [1.165, 1.54) is 6.42 Å². The SMILES string of the molecule is C#Cc1cc(N2C(N)=NC(N)=NC23CCCCC3)ccc1OC. The fraction of sp³-hybridized carbons (Fsp3) is 0.412. The first kappa shape index (κ1) is 15.2. The Morgan fingerprint density at radius 1 is 1.26 bits per heavy atom. The van der Waals surface area contributed by atoms with E-state index in [4.69, 9.17) is 22.6 Å². The predicted molar refractivity (Wildman–Crippen MR) is 92.5 cm³/mol. The largest absolute Gasteiger partial charge is 0.495 e. The highest BCUT2D eigenvalue weighted by Crippen LogP contribution is 2.40. The van der Waals surface area contributed by atoms with Gasteiger partial charge in [-0.3, -0.25) is 4.90 Å². The third-order valence-electron chi connectivity index (χ3n) is 4.45. The average Bonchev–Trinajstić information content (AvgIpc) is 2.54. The number of rotatable bonds is 2. The van der Waals surface area contributed by atoms with E-state index in [9.17, 15) is 0 Å². The van der Waals surface area contributed by atoms with Crippen molar-refractivity contribution in [3.63, 3.8) is 0 Å². The molecular formula is C17H21N5O. The van der Waals surface area contributed by atoms with Gasteiger partial charge in [-0.2, -0.15) is 4.99 Å². The first-order valence-electron chi connectivity index (χ1n) is 7.74. The number of hydrogen-bond donors (Lipinski definition) is 2. The standard InChI is InChI=1S/C17H21N5O/c1-3-12-11-13(7-8-14(12)23-2)22-16(19)20-15(18)21-17(22)9-5-4-6-10-17/h1,7-8,11H,4-6,9-10H2,2H3,(H4,18,19,20,21). The lowest BCUT2D eigenvalue weighted by molar-refractivity contribution is 0.305. The molecule has 6 nitrogen and oxygen atoms in total. The minimum atomic E-state index is -0.464. The van der Waals surface area contributed by atoms with Crippen molar-refractivity contribution in [2.75, 3.05) is 12.0 Å². The van der Waals surface area contributed by atoms with Gasteiger partial charge in [0.2, 0.25) is 11.9 Å². The Balaban J connectivity index is 2.09. The molecule has 1 fully saturated rings. The summed E-state index contributed by atoms with van der Waals surface area (Å²) in [6.45, 7) is 0. The molecule has 0 atom stereocenters. The lowest BCUT2D eigenvalue weighted by Crippen LogP contribution is -2.58. The Morgan fingerprint density at radius 3 is 2.65 bits per heavy atom. The number of benzene rings is 1. The number of ether oxygens (including phenoxy) is 1. The quantitative estimate of drug-likeness (QED) is 0.815. The minimum Gasteiger partial charge on any atom is -0.495 e. The number of nitrogens with zero attached hydrogens (tertiary/aromatic N) is 3. The molecule has 1 heterocycles. The second kappa shape index (κ2) is 5.84. The number of guanidine groups is 2. The smallest absolute Gasteiger partial charge is 0.220 e. The molecule has 0 unspecified atom stereocenters. The van der Waals surface area contributed by atoms with Gasteiger partial charge in [0.15, 0.2) is 0 Å². The number of anilines is 1. The van der Waals surface area contributed by atoms with Gasteiger partial charge < -0.3 is 16.2 Å². The minimum absolute atomic E-state index is 0.242. The summed E-state index contributed by atoms with van der Waals surface area (Å²) in [4.78, 5) is 10.8. The average molecular weight is 311 g/mol. The molecule has 6 heteroatoms. The van der Waals surface area contributed by atoms with Crippen molar-refractivity contribution < 1.29 is 4.74 Å². The van der Waals surface area contributed by atoms with E-state index in [0.29, 0.717) is 17.3 Å². The molecule has 23 heavy (non-hydrogen) atoms. The number of hydrogen-bond acceptors (Lipinski definition) is 6. The number of aliphatic imine (C=N–C) groups is 2. The molecule has 0 amide bonds. The fourth-order valence-corrected chi connectivity index (χ4v) is 3.44. The highest BCUT2D eigenvalue weighted by Gasteiger charge is 2.42. The number of methoxy groups -OCH3 is 1. The van der Waals surface area contributed by atoms with Gasteiger partial charge in [0.25, 0.3) is 0 Å². The second-order valence-corrected chi connectivity index (χ2v) is 5.85. The topological polar surface area (TPSA) is 89.2 Å². The Labute approximate surface area is 136 Å². The predicted octanol–water partition coefficient (Wildman–Crippen LogP) is 1.79. The zero-order chi connectivity index (χ0) is 16.4. The molecule has 4 N–H and O–H groups in total. The van der Waals surface area contributed by atoms with E-state index in [-0.39, 0.29) is 5.96 Å². The van der Waals surface area contributed by atoms with Crippen LogP contribution in [0.25, 0.3) is 0 Å². The summed E-state index contributed by atoms with van der Waals surface area (Å²) in [7, 11) is 1.60. The molecule has 0 bridgehead atoms. The molecule has 120 valence electrons. The van der Waals surface area contributed by atoms with Crippen LogP contribution in [0, 0.1) is 12.3 Å². The summed E-state index contributed by atoms with van der Waals surface area (Å²) < 4.78 is 5.29. The van der Waals surface area contributed by atoms with Gasteiger partial charge in [0, 0.05) is 5.69 Å². The van der Waals surface area contributed by atoms with Gasteiger partial charge in [-0.05, 0) is 43.9 Å². The second-order valence-electron chi connectivity index (χ2n) is 5.85. The van der Waals surface area contributed by atoms with E-state index >= 15 is 0 Å². The third-order valence-corrected chi connectivity index (χ3v) is 4.45. The monoisotopic (exact) mass is 311 g/mol. The lowest BCUT2D eigenvalue weighted by atomic mass is 9.87. The van der Waals surface area contributed by atoms with Crippen LogP contribution in [0.15, 0.2) is 28.2 Å². The molecule has 2 aliphatic rings. The van der Waals surface area contributed by atoms with Gasteiger partial charge in [-0.25, -0.2) is 4.99 Å². The van der Waals surface area contributed by atoms with Gasteiger partial charge in [0.1, 0.15) is 11.4 Å². The van der Waals surface area contributed by atoms with Crippen molar-refractivity contribution in [3.05, 3.63) is 23.8 Å². The van der Waals surface area contributed by atoms with Crippen LogP contribution in [-0.4, -0.2) is 24.7 Å². The van der Waals surface area contributed by atoms with Crippen LogP contribution in [0.2, 0.25) is 0 Å². The van der Waals surface area contributed by atoms with Crippen molar-refractivity contribution in [1.82, 2.24) is 0 Å². The number of terminal acetylenes is 1. The number of nitrogens with two attached hydrogens (primary N) is 2. The van der Waals surface area contributed by atoms with Crippen molar-refractivity contribution >= 4 is 17.6 Å². The highest BCUT2D eigenvalue weighted by molar-refractivity contribution is 6.05. The summed E-state index contributed by atoms with van der Waals surface area (Å²) in [6.07, 6.45) is 10.7. The molecule has 1 aliphatic carbocycles. The molecular weight excluding hydrogens is 290 g/mol. The normalized spacial score (nSPS) is 19.7. The molecule has 1 aliphatic heterocycles. The van der Waals surface area contributed by atoms with Gasteiger partial charge >= 0.3 is 0 Å². The van der Waals surface area contributed by atoms with E-state index in [1.807, 2.05) is 23.1 Å². The highest BCUT2D eigenvalue weighted by atomic mass is 16.5. The Morgan fingerprint density at radius 2 is 2.00 bits per heavy atom. The Bertz CT molecular complexity index is 710. The molecule has 1 aromatic rings. The summed E-state index contributed by atoms with van der Waals surface area (Å²) >= 11 is 0. The summed E-state index contributed by atoms with van der Waals surface area (Å²) in [5, 5.41) is 0. The summed E-state index contributed by atoms with van der Waals surface area (Å²) in [5.74, 6) is 3.90. The molecule has 1 saturated carbocycles. The van der Waals surface area contributed by atoms with Crippen LogP contribution in [-0.2, 0) is 0 Å². The molecule has 1 spiro atoms. The summed E-state index contributed by atoms with van der Waals surface area (Å²) in [6, 6.07) is 5.65. The van der Waals surface area contributed by atoms with Crippen molar-refractivity contribution in [3.8, 4) is 18.1 Å². The Kier molecular flexibility index (Phi) is 3.87. The first-order valence-corrected chi connectivity index (χ1v) is 7.74. The van der Waals surface area contributed by atoms with Crippen LogP contribution >= 0.6 is 0 Å². The first-order chi connectivity index (χ1) is 11.1. The van der Waals surface area contributed by atoms with Crippen LogP contribution in [0.1, 0.15) is 37.7 Å². The van der Waals surface area contributed by atoms with Crippen molar-refractivity contribution in [2.24, 2.45) is 21.5 Å². The van der Waals surface area contributed by atoms with E-state index < -0.39 is 5.66 Å². The summed E-state index contributed by atoms with van der Waals surface area (Å²) in [5.41, 5.74) is 13.1. The van der Waals surface area contributed by atoms with E-state index in [0.717, 1.165) is 31.4 Å². The van der Waals surface area contributed by atoms with Crippen molar-refractivity contribution in [1.29, 1.82) is 0 Å². The van der Waals surface area contributed by atoms with Crippen LogP contribution < -0.4 is 21.1 Å². The van der Waals surface area contributed by atoms with E-state index in [1.54, 1.807) is 7.11 Å². The van der Waals surface area contributed by atoms with Gasteiger partial charge in [-0.1, -0.05) is 12.3 Å². The maximum absolute atomic E-state index is 6.20. The van der Waals surface area contributed by atoms with E-state index in [2.05, 4.69) is 15.9 Å². The van der Waals surface area contributed by atoms with Crippen LogP contribution in [0.5, 0.6) is 5.75 Å². The fourth-order valence-electron chi connectivity index (χ4n) is 3.44. The van der Waals surface area contributed by atoms with Crippen LogP contribution in [0.3, 0.4) is 0 Å². The van der Waals surface area contributed by atoms with Crippen LogP contribution in [0.4, 0.5) is 5.69 Å². The maximum Gasteiger partial charge on any atom is 0.220 e. The molecule has 0 saturated heterocycles. The van der Waals surface area contributed by atoms with Gasteiger partial charge in [0.05, 0.1) is 12.7 Å². The van der Waals surface area contributed by atoms with Crippen molar-refractivity contribution in [2.45, 2.75) is 37.8 Å². The molecule has 1 aromatic carbocycles. The lowest BCUT2D eigenvalue weighted by Gasteiger charge is -2.45. The Hall–Kier alpha value is -2.68. The molecule has 3 rings (SSSR count). The third kappa shape index (κ3) is 2.59. The molecule has 0 aromatic heterocycles. The maximum atomic E-state index is 6.20. The zero-order valence-corrected chi connectivity index (χ0v) is 13.2. The molecule has 0 radical (unpaired) electrons.